The van der Waals surface area contributed by atoms with Gasteiger partial charge in [0.05, 0.1) is 0 Å². The summed E-state index contributed by atoms with van der Waals surface area (Å²) < 4.78 is 0. The number of carbonyl (C=O) groups is 2. The van der Waals surface area contributed by atoms with Crippen LogP contribution in [0.2, 0.25) is 0 Å². The van der Waals surface area contributed by atoms with E-state index in [2.05, 4.69) is 5.32 Å². The van der Waals surface area contributed by atoms with Gasteiger partial charge < -0.3 is 10.2 Å². The fourth-order valence-electron chi connectivity index (χ4n) is 2.34. The van der Waals surface area contributed by atoms with Crippen molar-refractivity contribution in [2.45, 2.75) is 30.1 Å². The third-order valence-electron chi connectivity index (χ3n) is 3.53. The minimum absolute atomic E-state index is 0.193. The summed E-state index contributed by atoms with van der Waals surface area (Å²) in [5.41, 5.74) is 0.927. The van der Waals surface area contributed by atoms with Gasteiger partial charge in [-0.3, -0.25) is 9.59 Å². The van der Waals surface area contributed by atoms with E-state index in [-0.39, 0.29) is 5.91 Å². The van der Waals surface area contributed by atoms with Crippen LogP contribution in [0.3, 0.4) is 0 Å². The number of benzene rings is 1. The molecule has 1 unspecified atom stereocenters. The van der Waals surface area contributed by atoms with E-state index in [1.54, 1.807) is 4.90 Å². The Labute approximate surface area is 168 Å². The molecule has 0 bridgehead atoms. The lowest BCUT2D eigenvalue weighted by molar-refractivity contribution is -0.136. The Morgan fingerprint density at radius 3 is 2.04 bits per heavy atom. The van der Waals surface area contributed by atoms with Gasteiger partial charge in [0.15, 0.2) is 4.84 Å². The van der Waals surface area contributed by atoms with Crippen molar-refractivity contribution in [2.75, 3.05) is 24.8 Å². The van der Waals surface area contributed by atoms with Crippen LogP contribution in [0.25, 0.3) is 0 Å². The molecule has 0 aliphatic heterocycles. The fourth-order valence-corrected chi connectivity index (χ4v) is 2.70. The standard InChI is InChI=1S/C17H22Cl4N2O2/c18-8-4-10-23(11-5-9-19)17(25)14(22-16(24)15(20)21)12-13-6-2-1-3-7-13/h1-3,6-7,14-15H,4-5,8-12H2,(H,22,24). The largest absolute Gasteiger partial charge is 0.342 e. The maximum atomic E-state index is 13.0. The van der Waals surface area contributed by atoms with E-state index in [0.29, 0.717) is 44.1 Å². The predicted octanol–water partition coefficient (Wildman–Crippen LogP) is 3.60. The Bertz CT molecular complexity index is 521. The lowest BCUT2D eigenvalue weighted by Crippen LogP contribution is -2.51. The molecule has 1 N–H and O–H groups in total. The minimum Gasteiger partial charge on any atom is -0.342 e. The van der Waals surface area contributed by atoms with E-state index in [1.165, 1.54) is 0 Å². The molecule has 2 amide bonds. The molecule has 0 aliphatic rings. The van der Waals surface area contributed by atoms with Crippen LogP contribution in [-0.4, -0.2) is 52.4 Å². The summed E-state index contributed by atoms with van der Waals surface area (Å²) >= 11 is 22.7. The highest BCUT2D eigenvalue weighted by Gasteiger charge is 2.27. The van der Waals surface area contributed by atoms with Gasteiger partial charge in [0.2, 0.25) is 5.91 Å². The number of hydrogen-bond donors (Lipinski definition) is 1. The first-order valence-corrected chi connectivity index (χ1v) is 9.97. The number of rotatable bonds is 11. The zero-order valence-corrected chi connectivity index (χ0v) is 16.8. The lowest BCUT2D eigenvalue weighted by atomic mass is 10.0. The van der Waals surface area contributed by atoms with E-state index >= 15 is 0 Å². The van der Waals surface area contributed by atoms with E-state index < -0.39 is 16.8 Å². The third kappa shape index (κ3) is 8.50. The summed E-state index contributed by atoms with van der Waals surface area (Å²) in [4.78, 5) is 25.3. The fraction of sp³-hybridized carbons (Fsp3) is 0.529. The molecule has 140 valence electrons. The molecule has 8 heteroatoms. The van der Waals surface area contributed by atoms with Crippen LogP contribution in [-0.2, 0) is 16.0 Å². The predicted molar refractivity (Wildman–Crippen MR) is 105 cm³/mol. The molecule has 0 spiro atoms. The van der Waals surface area contributed by atoms with Gasteiger partial charge in [-0.15, -0.1) is 23.2 Å². The first-order chi connectivity index (χ1) is 12.0. The van der Waals surface area contributed by atoms with Gasteiger partial charge in [0, 0.05) is 31.3 Å². The summed E-state index contributed by atoms with van der Waals surface area (Å²) in [7, 11) is 0. The van der Waals surface area contributed by atoms with Crippen molar-refractivity contribution in [1.29, 1.82) is 0 Å². The van der Waals surface area contributed by atoms with Crippen LogP contribution < -0.4 is 5.32 Å². The van der Waals surface area contributed by atoms with Gasteiger partial charge in [0.25, 0.3) is 5.91 Å². The third-order valence-corrected chi connectivity index (χ3v) is 4.46. The number of nitrogens with one attached hydrogen (secondary N) is 1. The van der Waals surface area contributed by atoms with Crippen LogP contribution >= 0.6 is 46.4 Å². The minimum atomic E-state index is -1.23. The molecule has 1 atom stereocenters. The summed E-state index contributed by atoms with van der Waals surface area (Å²) in [6.45, 7) is 1.01. The van der Waals surface area contributed by atoms with Gasteiger partial charge >= 0.3 is 0 Å². The van der Waals surface area contributed by atoms with Crippen molar-refractivity contribution in [1.82, 2.24) is 10.2 Å². The molecule has 0 saturated carbocycles. The number of hydrogen-bond acceptors (Lipinski definition) is 2. The SMILES string of the molecule is O=C(NC(Cc1ccccc1)C(=O)N(CCCCl)CCCCl)C(Cl)Cl. The number of alkyl halides is 4. The number of halogens is 4. The maximum Gasteiger partial charge on any atom is 0.253 e. The maximum absolute atomic E-state index is 13.0. The normalized spacial score (nSPS) is 12.0. The Balaban J connectivity index is 2.92. The molecule has 0 aliphatic carbocycles. The van der Waals surface area contributed by atoms with E-state index in [0.717, 1.165) is 5.56 Å². The van der Waals surface area contributed by atoms with E-state index in [9.17, 15) is 9.59 Å². The molecule has 4 nitrogen and oxygen atoms in total. The number of carbonyl (C=O) groups excluding carboxylic acids is 2. The summed E-state index contributed by atoms with van der Waals surface area (Å²) in [5.74, 6) is 0.117. The topological polar surface area (TPSA) is 49.4 Å². The second kappa shape index (κ2) is 12.6. The molecule has 0 saturated heterocycles. The monoisotopic (exact) mass is 426 g/mol. The van der Waals surface area contributed by atoms with Crippen molar-refractivity contribution in [3.63, 3.8) is 0 Å². The first-order valence-electron chi connectivity index (χ1n) is 8.02. The molecule has 1 rings (SSSR count). The Morgan fingerprint density at radius 2 is 1.56 bits per heavy atom. The van der Waals surface area contributed by atoms with Crippen LogP contribution in [0.4, 0.5) is 0 Å². The van der Waals surface area contributed by atoms with Gasteiger partial charge in [-0.2, -0.15) is 0 Å². The van der Waals surface area contributed by atoms with Crippen LogP contribution in [0, 0.1) is 0 Å². The highest BCUT2D eigenvalue weighted by atomic mass is 35.5. The molecular weight excluding hydrogens is 406 g/mol. The first kappa shape index (κ1) is 22.4. The second-order valence-electron chi connectivity index (χ2n) is 5.46. The smallest absolute Gasteiger partial charge is 0.253 e. The molecule has 0 aromatic heterocycles. The van der Waals surface area contributed by atoms with Gasteiger partial charge in [0.1, 0.15) is 6.04 Å². The molecule has 1 aromatic rings. The molecule has 1 aromatic carbocycles. The molecular formula is C17H22Cl4N2O2. The van der Waals surface area contributed by atoms with Crippen LogP contribution in [0.1, 0.15) is 18.4 Å². The highest BCUT2D eigenvalue weighted by molar-refractivity contribution is 6.53. The van der Waals surface area contributed by atoms with Gasteiger partial charge in [-0.25, -0.2) is 0 Å². The Kier molecular flexibility index (Phi) is 11.3. The molecule has 25 heavy (non-hydrogen) atoms. The highest BCUT2D eigenvalue weighted by Crippen LogP contribution is 2.10. The lowest BCUT2D eigenvalue weighted by Gasteiger charge is -2.28. The van der Waals surface area contributed by atoms with Gasteiger partial charge in [-0.05, 0) is 18.4 Å². The van der Waals surface area contributed by atoms with E-state index in [4.69, 9.17) is 46.4 Å². The second-order valence-corrected chi connectivity index (χ2v) is 7.31. The van der Waals surface area contributed by atoms with Crippen molar-refractivity contribution >= 4 is 58.2 Å². The van der Waals surface area contributed by atoms with Crippen molar-refractivity contribution in [2.24, 2.45) is 0 Å². The van der Waals surface area contributed by atoms with Gasteiger partial charge in [-0.1, -0.05) is 53.5 Å². The van der Waals surface area contributed by atoms with Crippen molar-refractivity contribution in [3.8, 4) is 0 Å². The van der Waals surface area contributed by atoms with Crippen LogP contribution in [0.15, 0.2) is 30.3 Å². The van der Waals surface area contributed by atoms with Crippen molar-refractivity contribution < 1.29 is 9.59 Å². The molecule has 0 radical (unpaired) electrons. The number of amides is 2. The average molecular weight is 428 g/mol. The molecule has 0 heterocycles. The quantitative estimate of drug-likeness (QED) is 0.548. The number of nitrogens with zero attached hydrogens (tertiary/aromatic N) is 1. The summed E-state index contributed by atoms with van der Waals surface area (Å²) in [5, 5.41) is 2.64. The van der Waals surface area contributed by atoms with Crippen LogP contribution in [0.5, 0.6) is 0 Å². The molecule has 0 fully saturated rings. The average Bonchev–Trinajstić information content (AvgIpc) is 2.61. The summed E-state index contributed by atoms with van der Waals surface area (Å²) in [6, 6.07) is 8.69. The zero-order chi connectivity index (χ0) is 18.7. The summed E-state index contributed by atoms with van der Waals surface area (Å²) in [6.07, 6.45) is 1.68. The Hall–Kier alpha value is -0.680. The zero-order valence-electron chi connectivity index (χ0n) is 13.8. The van der Waals surface area contributed by atoms with Crippen molar-refractivity contribution in [3.05, 3.63) is 35.9 Å². The van der Waals surface area contributed by atoms with E-state index in [1.807, 2.05) is 30.3 Å². The Morgan fingerprint density at radius 1 is 1.00 bits per heavy atom.